The lowest BCUT2D eigenvalue weighted by molar-refractivity contribution is -0.123. The van der Waals surface area contributed by atoms with Crippen molar-refractivity contribution in [3.8, 4) is 0 Å². The first-order valence-corrected chi connectivity index (χ1v) is 12.5. The molecule has 1 aliphatic heterocycles. The number of carbonyl (C=O) groups is 1. The van der Waals surface area contributed by atoms with Gasteiger partial charge in [0.1, 0.15) is 10.3 Å². The zero-order chi connectivity index (χ0) is 18.0. The number of amides is 1. The van der Waals surface area contributed by atoms with Crippen LogP contribution in [0.3, 0.4) is 0 Å². The predicted octanol–water partition coefficient (Wildman–Crippen LogP) is 2.70. The van der Waals surface area contributed by atoms with Crippen LogP contribution in [0.4, 0.5) is 0 Å². The summed E-state index contributed by atoms with van der Waals surface area (Å²) in [5.74, 6) is 0.505. The molecule has 2 aromatic heterocycles. The van der Waals surface area contributed by atoms with Crippen molar-refractivity contribution in [3.05, 3.63) is 32.0 Å². The summed E-state index contributed by atoms with van der Waals surface area (Å²) in [6, 6.07) is 2.59. The van der Waals surface area contributed by atoms with Gasteiger partial charge in [-0.15, -0.1) is 34.4 Å². The highest BCUT2D eigenvalue weighted by Gasteiger charge is 2.40. The molecule has 6 nitrogen and oxygen atoms in total. The van der Waals surface area contributed by atoms with Crippen molar-refractivity contribution in [1.29, 1.82) is 0 Å². The molecule has 25 heavy (non-hydrogen) atoms. The fraction of sp³-hybridized carbons (Fsp3) is 0.429. The number of aryl methyl sites for hydroxylation is 1. The summed E-state index contributed by atoms with van der Waals surface area (Å²) in [7, 11) is -3.66. The minimum absolute atomic E-state index is 0.248. The van der Waals surface area contributed by atoms with E-state index in [0.717, 1.165) is 25.8 Å². The second-order valence-corrected chi connectivity index (χ2v) is 12.0. The molecular formula is C14H16BrN3O3S4. The van der Waals surface area contributed by atoms with Gasteiger partial charge in [0.15, 0.2) is 0 Å². The Morgan fingerprint density at radius 3 is 2.92 bits per heavy atom. The van der Waals surface area contributed by atoms with Gasteiger partial charge in [-0.25, -0.2) is 13.4 Å². The molecule has 11 heteroatoms. The minimum atomic E-state index is -3.66. The number of thioether (sulfide) groups is 1. The molecule has 1 atom stereocenters. The molecule has 1 aliphatic rings. The average molecular weight is 482 g/mol. The van der Waals surface area contributed by atoms with Crippen LogP contribution >= 0.6 is 50.4 Å². The maximum absolute atomic E-state index is 12.8. The molecule has 3 heterocycles. The first-order chi connectivity index (χ1) is 11.9. The van der Waals surface area contributed by atoms with E-state index < -0.39 is 16.1 Å². The highest BCUT2D eigenvalue weighted by atomic mass is 79.9. The Labute approximate surface area is 167 Å². The van der Waals surface area contributed by atoms with Crippen molar-refractivity contribution in [3.63, 3.8) is 0 Å². The number of thiophene rings is 1. The number of hydrogen-bond donors (Lipinski definition) is 1. The number of carbonyl (C=O) groups excluding carboxylic acids is 1. The van der Waals surface area contributed by atoms with E-state index in [9.17, 15) is 13.2 Å². The molecule has 136 valence electrons. The van der Waals surface area contributed by atoms with Gasteiger partial charge in [0.25, 0.3) is 10.0 Å². The number of sulfonamides is 1. The van der Waals surface area contributed by atoms with E-state index in [1.807, 2.05) is 12.3 Å². The third-order valence-electron chi connectivity index (χ3n) is 3.60. The van der Waals surface area contributed by atoms with Crippen molar-refractivity contribution >= 4 is 66.3 Å². The van der Waals surface area contributed by atoms with Crippen molar-refractivity contribution < 1.29 is 13.2 Å². The quantitative estimate of drug-likeness (QED) is 0.685. The molecule has 3 rings (SSSR count). The number of hydrogen-bond acceptors (Lipinski definition) is 7. The van der Waals surface area contributed by atoms with Gasteiger partial charge in [0.2, 0.25) is 5.91 Å². The molecule has 0 radical (unpaired) electrons. The first-order valence-electron chi connectivity index (χ1n) is 7.41. The van der Waals surface area contributed by atoms with Crippen molar-refractivity contribution in [1.82, 2.24) is 14.6 Å². The van der Waals surface area contributed by atoms with Crippen LogP contribution in [0.15, 0.2) is 25.5 Å². The molecule has 1 N–H and O–H groups in total. The first kappa shape index (κ1) is 19.3. The van der Waals surface area contributed by atoms with Crippen LogP contribution in [0.5, 0.6) is 0 Å². The van der Waals surface area contributed by atoms with E-state index in [2.05, 4.69) is 26.2 Å². The smallest absolute Gasteiger partial charge is 0.254 e. The van der Waals surface area contributed by atoms with Crippen LogP contribution in [0.2, 0.25) is 0 Å². The van der Waals surface area contributed by atoms with Crippen LogP contribution in [0.25, 0.3) is 0 Å². The number of aromatic nitrogens is 1. The van der Waals surface area contributed by atoms with E-state index in [0.29, 0.717) is 24.6 Å². The molecule has 1 amide bonds. The summed E-state index contributed by atoms with van der Waals surface area (Å²) in [6.45, 7) is 2.38. The van der Waals surface area contributed by atoms with Gasteiger partial charge in [-0.3, -0.25) is 4.79 Å². The Morgan fingerprint density at radius 2 is 2.28 bits per heavy atom. The maximum atomic E-state index is 12.8. The van der Waals surface area contributed by atoms with Crippen LogP contribution < -0.4 is 5.32 Å². The third-order valence-corrected chi connectivity index (χ3v) is 9.55. The minimum Gasteiger partial charge on any atom is -0.354 e. The van der Waals surface area contributed by atoms with Crippen LogP contribution in [-0.4, -0.2) is 47.8 Å². The molecule has 0 aliphatic carbocycles. The van der Waals surface area contributed by atoms with Gasteiger partial charge in [0, 0.05) is 24.1 Å². The van der Waals surface area contributed by atoms with Gasteiger partial charge in [0.05, 0.1) is 20.4 Å². The molecule has 2 aromatic rings. The molecular weight excluding hydrogens is 466 g/mol. The number of halogens is 1. The normalized spacial score (nSPS) is 18.6. The van der Waals surface area contributed by atoms with E-state index in [4.69, 9.17) is 0 Å². The highest BCUT2D eigenvalue weighted by Crippen LogP contribution is 2.33. The molecule has 1 saturated heterocycles. The molecule has 0 spiro atoms. The summed E-state index contributed by atoms with van der Waals surface area (Å²) in [6.07, 6.45) is 0.639. The Kier molecular flexibility index (Phi) is 6.22. The second-order valence-electron chi connectivity index (χ2n) is 5.37. The Bertz CT molecular complexity index is 864. The molecule has 0 saturated carbocycles. The summed E-state index contributed by atoms with van der Waals surface area (Å²) in [5, 5.41) is 5.81. The van der Waals surface area contributed by atoms with Crippen LogP contribution in [0, 0.1) is 6.92 Å². The summed E-state index contributed by atoms with van der Waals surface area (Å²) >= 11 is 7.46. The Balaban J connectivity index is 1.63. The average Bonchev–Trinajstić information content (AvgIpc) is 3.27. The SMILES string of the molecule is Cc1nc(CCNC(=O)[C@H]2CSCN2S(=O)(=O)c2ccc(Br)s2)cs1. The van der Waals surface area contributed by atoms with E-state index in [-0.39, 0.29) is 10.1 Å². The van der Waals surface area contributed by atoms with E-state index >= 15 is 0 Å². The summed E-state index contributed by atoms with van der Waals surface area (Å²) in [4.78, 5) is 16.8. The largest absolute Gasteiger partial charge is 0.354 e. The van der Waals surface area contributed by atoms with Gasteiger partial charge >= 0.3 is 0 Å². The predicted molar refractivity (Wildman–Crippen MR) is 106 cm³/mol. The molecule has 0 bridgehead atoms. The Morgan fingerprint density at radius 1 is 1.48 bits per heavy atom. The number of rotatable bonds is 6. The third kappa shape index (κ3) is 4.45. The molecule has 0 unspecified atom stereocenters. The topological polar surface area (TPSA) is 79.4 Å². The van der Waals surface area contributed by atoms with Gasteiger partial charge in [-0.2, -0.15) is 4.31 Å². The lowest BCUT2D eigenvalue weighted by Crippen LogP contribution is -2.47. The fourth-order valence-electron chi connectivity index (χ4n) is 2.38. The van der Waals surface area contributed by atoms with Gasteiger partial charge in [-0.1, -0.05) is 0 Å². The monoisotopic (exact) mass is 481 g/mol. The fourth-order valence-corrected chi connectivity index (χ4v) is 8.31. The Hall–Kier alpha value is -0.460. The van der Waals surface area contributed by atoms with E-state index in [1.165, 1.54) is 16.1 Å². The molecule has 0 aromatic carbocycles. The number of thiazole rings is 1. The lowest BCUT2D eigenvalue weighted by Gasteiger charge is -2.21. The number of nitrogens with zero attached hydrogens (tertiary/aromatic N) is 2. The summed E-state index contributed by atoms with van der Waals surface area (Å²) in [5.41, 5.74) is 0.941. The lowest BCUT2D eigenvalue weighted by atomic mass is 10.3. The standard InChI is InChI=1S/C14H16BrN3O3S4/c1-9-17-10(6-23-9)4-5-16-14(19)11-7-22-8-18(11)25(20,21)13-3-2-12(15)24-13/h2-3,6,11H,4-5,7-8H2,1H3,(H,16,19)/t11-/m1/s1. The second kappa shape index (κ2) is 8.05. The van der Waals surface area contributed by atoms with Crippen molar-refractivity contribution in [2.75, 3.05) is 18.2 Å². The van der Waals surface area contributed by atoms with Gasteiger partial charge in [-0.05, 0) is 35.0 Å². The summed E-state index contributed by atoms with van der Waals surface area (Å²) < 4.78 is 27.8. The maximum Gasteiger partial charge on any atom is 0.254 e. The van der Waals surface area contributed by atoms with Crippen LogP contribution in [0.1, 0.15) is 10.7 Å². The molecule has 1 fully saturated rings. The van der Waals surface area contributed by atoms with Crippen molar-refractivity contribution in [2.24, 2.45) is 0 Å². The van der Waals surface area contributed by atoms with Crippen molar-refractivity contribution in [2.45, 2.75) is 23.6 Å². The van der Waals surface area contributed by atoms with Crippen LogP contribution in [-0.2, 0) is 21.2 Å². The zero-order valence-corrected chi connectivity index (χ0v) is 18.1. The highest BCUT2D eigenvalue weighted by molar-refractivity contribution is 9.11. The van der Waals surface area contributed by atoms with Gasteiger partial charge < -0.3 is 5.32 Å². The number of nitrogens with one attached hydrogen (secondary N) is 1. The zero-order valence-electron chi connectivity index (χ0n) is 13.3. The van der Waals surface area contributed by atoms with E-state index in [1.54, 1.807) is 23.5 Å².